The predicted molar refractivity (Wildman–Crippen MR) is 87.0 cm³/mol. The molecule has 0 bridgehead atoms. The number of hydrogen-bond acceptors (Lipinski definition) is 4. The third kappa shape index (κ3) is 4.69. The van der Waals surface area contributed by atoms with Crippen LogP contribution in [0.4, 0.5) is 11.6 Å². The van der Waals surface area contributed by atoms with Gasteiger partial charge in [0.1, 0.15) is 11.6 Å². The minimum Gasteiger partial charge on any atom is -0.396 e. The summed E-state index contributed by atoms with van der Waals surface area (Å²) in [7, 11) is 0. The zero-order valence-electron chi connectivity index (χ0n) is 12.4. The second kappa shape index (κ2) is 7.34. The predicted octanol–water partition coefficient (Wildman–Crippen LogP) is 4.03. The van der Waals surface area contributed by atoms with E-state index in [9.17, 15) is 5.11 Å². The number of anilines is 2. The summed E-state index contributed by atoms with van der Waals surface area (Å²) in [5, 5.41) is 16.6. The van der Waals surface area contributed by atoms with Crippen LogP contribution in [0.25, 0.3) is 0 Å². The van der Waals surface area contributed by atoms with Gasteiger partial charge in [0.15, 0.2) is 0 Å². The van der Waals surface area contributed by atoms with Crippen molar-refractivity contribution in [3.05, 3.63) is 16.1 Å². The number of rotatable bonds is 6. The quantitative estimate of drug-likeness (QED) is 0.741. The summed E-state index contributed by atoms with van der Waals surface area (Å²) in [5.74, 6) is 1.19. The van der Waals surface area contributed by atoms with Crippen LogP contribution in [-0.4, -0.2) is 29.3 Å². The maximum atomic E-state index is 9.20. The second-order valence-corrected chi connectivity index (χ2v) is 6.57. The van der Waals surface area contributed by atoms with E-state index in [1.165, 1.54) is 0 Å². The highest BCUT2D eigenvalue weighted by Crippen LogP contribution is 2.32. The van der Waals surface area contributed by atoms with E-state index in [-0.39, 0.29) is 18.1 Å². The number of aromatic nitrogens is 1. The molecule has 0 spiro atoms. The monoisotopic (exact) mass is 319 g/mol. The summed E-state index contributed by atoms with van der Waals surface area (Å²) < 4.78 is 0. The molecule has 1 rings (SSSR count). The van der Waals surface area contributed by atoms with E-state index in [2.05, 4.69) is 36.4 Å². The number of nitrogens with zero attached hydrogens (tertiary/aromatic N) is 1. The van der Waals surface area contributed by atoms with Crippen LogP contribution in [0, 0.1) is 5.41 Å². The largest absolute Gasteiger partial charge is 0.396 e. The first-order chi connectivity index (χ1) is 9.29. The molecular formula is C14H23Cl2N3O. The Kier molecular flexibility index (Phi) is 6.37. The molecule has 6 heteroatoms. The molecule has 0 fully saturated rings. The Labute approximate surface area is 130 Å². The van der Waals surface area contributed by atoms with Crippen molar-refractivity contribution in [2.75, 3.05) is 23.8 Å². The molecule has 1 heterocycles. The van der Waals surface area contributed by atoms with Crippen molar-refractivity contribution in [2.45, 2.75) is 40.2 Å². The molecule has 1 aromatic rings. The zero-order valence-corrected chi connectivity index (χ0v) is 13.9. The normalized spacial score (nSPS) is 13.2. The van der Waals surface area contributed by atoms with Crippen molar-refractivity contribution < 1.29 is 5.11 Å². The molecule has 1 aromatic heterocycles. The van der Waals surface area contributed by atoms with Crippen molar-refractivity contribution in [1.29, 1.82) is 0 Å². The van der Waals surface area contributed by atoms with Gasteiger partial charge in [0.05, 0.1) is 10.0 Å². The summed E-state index contributed by atoms with van der Waals surface area (Å²) in [4.78, 5) is 4.43. The SMILES string of the molecule is CCNc1nc(NC(CCO)C(C)(C)C)c(Cl)cc1Cl. The highest BCUT2D eigenvalue weighted by Gasteiger charge is 2.25. The van der Waals surface area contributed by atoms with Crippen LogP contribution in [0.1, 0.15) is 34.1 Å². The number of pyridine rings is 1. The highest BCUT2D eigenvalue weighted by atomic mass is 35.5. The minimum atomic E-state index is -0.0221. The summed E-state index contributed by atoms with van der Waals surface area (Å²) in [6.45, 7) is 9.14. The first kappa shape index (κ1) is 17.3. The molecule has 0 saturated carbocycles. The number of aliphatic hydroxyl groups excluding tert-OH is 1. The van der Waals surface area contributed by atoms with Gasteiger partial charge in [-0.2, -0.15) is 0 Å². The molecule has 4 nitrogen and oxygen atoms in total. The van der Waals surface area contributed by atoms with E-state index >= 15 is 0 Å². The Morgan fingerprint density at radius 3 is 2.35 bits per heavy atom. The molecule has 1 atom stereocenters. The van der Waals surface area contributed by atoms with Crippen LogP contribution in [0.15, 0.2) is 6.07 Å². The lowest BCUT2D eigenvalue weighted by Gasteiger charge is -2.32. The Hall–Kier alpha value is -0.710. The van der Waals surface area contributed by atoms with Crippen molar-refractivity contribution in [3.63, 3.8) is 0 Å². The highest BCUT2D eigenvalue weighted by molar-refractivity contribution is 6.37. The fourth-order valence-corrected chi connectivity index (χ4v) is 2.35. The summed E-state index contributed by atoms with van der Waals surface area (Å²) >= 11 is 12.3. The van der Waals surface area contributed by atoms with Crippen molar-refractivity contribution in [2.24, 2.45) is 5.41 Å². The Morgan fingerprint density at radius 2 is 1.85 bits per heavy atom. The molecular weight excluding hydrogens is 297 g/mol. The van der Waals surface area contributed by atoms with Gasteiger partial charge in [-0.05, 0) is 24.8 Å². The van der Waals surface area contributed by atoms with E-state index in [0.29, 0.717) is 28.1 Å². The average molecular weight is 320 g/mol. The lowest BCUT2D eigenvalue weighted by molar-refractivity contribution is 0.235. The van der Waals surface area contributed by atoms with Crippen LogP contribution in [0.5, 0.6) is 0 Å². The third-order valence-electron chi connectivity index (χ3n) is 3.05. The van der Waals surface area contributed by atoms with Gasteiger partial charge in [-0.15, -0.1) is 0 Å². The molecule has 1 unspecified atom stereocenters. The van der Waals surface area contributed by atoms with Gasteiger partial charge in [0, 0.05) is 19.2 Å². The van der Waals surface area contributed by atoms with Crippen LogP contribution in [0.2, 0.25) is 10.0 Å². The van der Waals surface area contributed by atoms with Crippen LogP contribution < -0.4 is 10.6 Å². The summed E-state index contributed by atoms with van der Waals surface area (Å²) in [6, 6.07) is 1.74. The Balaban J connectivity index is 3.03. The number of hydrogen-bond donors (Lipinski definition) is 3. The van der Waals surface area contributed by atoms with Gasteiger partial charge in [-0.25, -0.2) is 4.98 Å². The van der Waals surface area contributed by atoms with Gasteiger partial charge in [0.2, 0.25) is 0 Å². The van der Waals surface area contributed by atoms with Crippen molar-refractivity contribution in [3.8, 4) is 0 Å². The maximum absolute atomic E-state index is 9.20. The molecule has 0 aliphatic rings. The zero-order chi connectivity index (χ0) is 15.3. The standard InChI is InChI=1S/C14H23Cl2N3O/c1-5-17-12-9(15)8-10(16)13(19-12)18-11(6-7-20)14(2,3)4/h8,11,20H,5-7H2,1-4H3,(H2,17,18,19). The van der Waals surface area contributed by atoms with E-state index in [0.717, 1.165) is 6.54 Å². The molecule has 0 aliphatic carbocycles. The van der Waals surface area contributed by atoms with Crippen LogP contribution in [0.3, 0.4) is 0 Å². The first-order valence-electron chi connectivity index (χ1n) is 6.77. The summed E-state index contributed by atoms with van der Waals surface area (Å²) in [5.41, 5.74) is -0.0221. The second-order valence-electron chi connectivity index (χ2n) is 5.75. The van der Waals surface area contributed by atoms with Gasteiger partial charge in [-0.3, -0.25) is 0 Å². The number of aliphatic hydroxyl groups is 1. The first-order valence-corrected chi connectivity index (χ1v) is 7.52. The molecule has 3 N–H and O–H groups in total. The fourth-order valence-electron chi connectivity index (χ4n) is 1.88. The lowest BCUT2D eigenvalue weighted by atomic mass is 9.85. The van der Waals surface area contributed by atoms with Crippen molar-refractivity contribution >= 4 is 34.8 Å². The smallest absolute Gasteiger partial charge is 0.147 e. The topological polar surface area (TPSA) is 57.2 Å². The third-order valence-corrected chi connectivity index (χ3v) is 3.62. The number of nitrogens with one attached hydrogen (secondary N) is 2. The Morgan fingerprint density at radius 1 is 1.25 bits per heavy atom. The Bertz CT molecular complexity index is 447. The van der Waals surface area contributed by atoms with E-state index in [4.69, 9.17) is 23.2 Å². The average Bonchev–Trinajstić information content (AvgIpc) is 2.33. The molecule has 0 aromatic carbocycles. The van der Waals surface area contributed by atoms with Gasteiger partial charge in [0.25, 0.3) is 0 Å². The van der Waals surface area contributed by atoms with E-state index in [1.54, 1.807) is 6.07 Å². The van der Waals surface area contributed by atoms with Crippen molar-refractivity contribution in [1.82, 2.24) is 4.98 Å². The van der Waals surface area contributed by atoms with E-state index < -0.39 is 0 Å². The molecule has 0 radical (unpaired) electrons. The van der Waals surface area contributed by atoms with Gasteiger partial charge >= 0.3 is 0 Å². The molecule has 0 saturated heterocycles. The molecule has 20 heavy (non-hydrogen) atoms. The fraction of sp³-hybridized carbons (Fsp3) is 0.643. The van der Waals surface area contributed by atoms with Gasteiger partial charge in [-0.1, -0.05) is 44.0 Å². The lowest BCUT2D eigenvalue weighted by Crippen LogP contribution is -2.35. The van der Waals surface area contributed by atoms with Crippen LogP contribution in [-0.2, 0) is 0 Å². The summed E-state index contributed by atoms with van der Waals surface area (Å²) in [6.07, 6.45) is 0.626. The molecule has 0 aliphatic heterocycles. The molecule has 114 valence electrons. The van der Waals surface area contributed by atoms with Crippen LogP contribution >= 0.6 is 23.2 Å². The van der Waals surface area contributed by atoms with Gasteiger partial charge < -0.3 is 15.7 Å². The number of halogens is 2. The van der Waals surface area contributed by atoms with E-state index in [1.807, 2.05) is 6.92 Å². The molecule has 0 amide bonds. The minimum absolute atomic E-state index is 0.0221. The maximum Gasteiger partial charge on any atom is 0.147 e.